The summed E-state index contributed by atoms with van der Waals surface area (Å²) in [5.41, 5.74) is 6.54. The van der Waals surface area contributed by atoms with Gasteiger partial charge in [0.25, 0.3) is 0 Å². The first kappa shape index (κ1) is 12.0. The van der Waals surface area contributed by atoms with Crippen molar-refractivity contribution in [3.05, 3.63) is 36.7 Å². The number of nitrogens with zero attached hydrogens (tertiary/aromatic N) is 1. The van der Waals surface area contributed by atoms with Gasteiger partial charge in [0.15, 0.2) is 0 Å². The van der Waals surface area contributed by atoms with Crippen LogP contribution in [-0.2, 0) is 0 Å². The van der Waals surface area contributed by atoms with E-state index in [0.717, 1.165) is 16.5 Å². The summed E-state index contributed by atoms with van der Waals surface area (Å²) in [6.07, 6.45) is 3.56. The summed E-state index contributed by atoms with van der Waals surface area (Å²) in [6.45, 7) is 0. The average molecular weight is 217 g/mol. The third kappa shape index (κ3) is 2.23. The van der Waals surface area contributed by atoms with Crippen molar-refractivity contribution in [2.75, 3.05) is 5.73 Å². The van der Waals surface area contributed by atoms with Gasteiger partial charge in [-0.2, -0.15) is 0 Å². The quantitative estimate of drug-likeness (QED) is 0.689. The topological polar surface area (TPSA) is 38.9 Å². The fourth-order valence-electron chi connectivity index (χ4n) is 1.15. The van der Waals surface area contributed by atoms with E-state index in [1.165, 1.54) is 0 Å². The maximum Gasteiger partial charge on any atom is 0.0394 e. The molecule has 70 valence electrons. The molecule has 1 heterocycles. The summed E-state index contributed by atoms with van der Waals surface area (Å²) in [6, 6.07) is 7.74. The van der Waals surface area contributed by atoms with Gasteiger partial charge in [0.2, 0.25) is 0 Å². The van der Waals surface area contributed by atoms with Gasteiger partial charge in [-0.15, -0.1) is 24.8 Å². The summed E-state index contributed by atoms with van der Waals surface area (Å²) in [7, 11) is 0. The third-order valence-electron chi connectivity index (χ3n) is 1.71. The highest BCUT2D eigenvalue weighted by Crippen LogP contribution is 2.18. The van der Waals surface area contributed by atoms with Gasteiger partial charge in [0.05, 0.1) is 0 Å². The highest BCUT2D eigenvalue weighted by molar-refractivity contribution is 5.91. The van der Waals surface area contributed by atoms with Crippen molar-refractivity contribution in [3.8, 4) is 0 Å². The van der Waals surface area contributed by atoms with E-state index in [-0.39, 0.29) is 24.8 Å². The van der Waals surface area contributed by atoms with Gasteiger partial charge < -0.3 is 5.73 Å². The van der Waals surface area contributed by atoms with Crippen LogP contribution in [0.5, 0.6) is 0 Å². The summed E-state index contributed by atoms with van der Waals surface area (Å²) in [5, 5.41) is 2.16. The van der Waals surface area contributed by atoms with E-state index in [1.807, 2.05) is 30.5 Å². The zero-order valence-corrected chi connectivity index (χ0v) is 8.44. The molecular formula is C9H10Cl2N2. The lowest BCUT2D eigenvalue weighted by molar-refractivity contribution is 1.36. The van der Waals surface area contributed by atoms with E-state index >= 15 is 0 Å². The zero-order chi connectivity index (χ0) is 7.68. The van der Waals surface area contributed by atoms with Crippen LogP contribution in [0.25, 0.3) is 10.8 Å². The Kier molecular flexibility index (Phi) is 4.52. The van der Waals surface area contributed by atoms with E-state index in [9.17, 15) is 0 Å². The smallest absolute Gasteiger partial charge is 0.0394 e. The second-order valence-electron chi connectivity index (χ2n) is 2.44. The number of anilines is 1. The van der Waals surface area contributed by atoms with Crippen molar-refractivity contribution in [2.45, 2.75) is 0 Å². The lowest BCUT2D eigenvalue weighted by Crippen LogP contribution is -1.85. The highest BCUT2D eigenvalue weighted by Gasteiger charge is 1.93. The summed E-state index contributed by atoms with van der Waals surface area (Å²) in [4.78, 5) is 4.00. The maximum absolute atomic E-state index is 5.73. The summed E-state index contributed by atoms with van der Waals surface area (Å²) < 4.78 is 0. The molecule has 13 heavy (non-hydrogen) atoms. The van der Waals surface area contributed by atoms with E-state index < -0.39 is 0 Å². The molecule has 2 N–H and O–H groups in total. The molecule has 4 heteroatoms. The molecule has 0 amide bonds. The fraction of sp³-hybridized carbons (Fsp3) is 0. The van der Waals surface area contributed by atoms with Crippen molar-refractivity contribution >= 4 is 41.3 Å². The molecule has 1 aromatic heterocycles. The molecule has 0 spiro atoms. The molecule has 0 aliphatic carbocycles. The normalized spacial score (nSPS) is 8.62. The first-order chi connectivity index (χ1) is 5.38. The van der Waals surface area contributed by atoms with Gasteiger partial charge in [-0.1, -0.05) is 12.1 Å². The molecule has 0 atom stereocenters. The largest absolute Gasteiger partial charge is 0.398 e. The number of nitrogens with two attached hydrogens (primary N) is 1. The lowest BCUT2D eigenvalue weighted by Gasteiger charge is -1.98. The average Bonchev–Trinajstić information content (AvgIpc) is 2.06. The van der Waals surface area contributed by atoms with Crippen LogP contribution in [0, 0.1) is 0 Å². The molecule has 1 aromatic carbocycles. The number of rotatable bonds is 0. The van der Waals surface area contributed by atoms with Crippen molar-refractivity contribution in [1.29, 1.82) is 0 Å². The minimum atomic E-state index is 0. The Morgan fingerprint density at radius 3 is 2.54 bits per heavy atom. The number of fused-ring (bicyclic) bond motifs is 1. The van der Waals surface area contributed by atoms with E-state index in [4.69, 9.17) is 5.73 Å². The van der Waals surface area contributed by atoms with Crippen LogP contribution in [0.15, 0.2) is 36.7 Å². The SMILES string of the molecule is Cl.Cl.Nc1cccc2cnccc12. The van der Waals surface area contributed by atoms with E-state index in [1.54, 1.807) is 6.20 Å². The first-order valence-corrected chi connectivity index (χ1v) is 3.46. The number of aromatic nitrogens is 1. The van der Waals surface area contributed by atoms with Gasteiger partial charge in [0.1, 0.15) is 0 Å². The van der Waals surface area contributed by atoms with Gasteiger partial charge in [0, 0.05) is 28.9 Å². The van der Waals surface area contributed by atoms with Gasteiger partial charge in [-0.05, 0) is 12.1 Å². The predicted molar refractivity (Wildman–Crippen MR) is 60.7 cm³/mol. The van der Waals surface area contributed by atoms with E-state index in [2.05, 4.69) is 4.98 Å². The minimum Gasteiger partial charge on any atom is -0.398 e. The summed E-state index contributed by atoms with van der Waals surface area (Å²) >= 11 is 0. The van der Waals surface area contributed by atoms with Gasteiger partial charge in [-0.25, -0.2) is 0 Å². The monoisotopic (exact) mass is 216 g/mol. The van der Waals surface area contributed by atoms with E-state index in [0.29, 0.717) is 0 Å². The van der Waals surface area contributed by atoms with Crippen molar-refractivity contribution in [1.82, 2.24) is 4.98 Å². The Morgan fingerprint density at radius 1 is 1.08 bits per heavy atom. The molecule has 2 rings (SSSR count). The van der Waals surface area contributed by atoms with Crippen molar-refractivity contribution in [3.63, 3.8) is 0 Å². The van der Waals surface area contributed by atoms with Crippen LogP contribution in [0.4, 0.5) is 5.69 Å². The summed E-state index contributed by atoms with van der Waals surface area (Å²) in [5.74, 6) is 0. The Bertz CT molecular complexity index is 385. The molecule has 0 unspecified atom stereocenters. The van der Waals surface area contributed by atoms with Gasteiger partial charge >= 0.3 is 0 Å². The first-order valence-electron chi connectivity index (χ1n) is 3.46. The molecule has 0 radical (unpaired) electrons. The molecule has 2 nitrogen and oxygen atoms in total. The standard InChI is InChI=1S/C9H8N2.2ClH/c10-9-3-1-2-7-6-11-5-4-8(7)9;;/h1-6H,10H2;2*1H. The number of benzene rings is 1. The minimum absolute atomic E-state index is 0. The zero-order valence-electron chi connectivity index (χ0n) is 6.81. The molecule has 0 saturated carbocycles. The molecule has 0 aliphatic rings. The number of hydrogen-bond acceptors (Lipinski definition) is 2. The highest BCUT2D eigenvalue weighted by atomic mass is 35.5. The van der Waals surface area contributed by atoms with Gasteiger partial charge in [-0.3, -0.25) is 4.98 Å². The Morgan fingerprint density at radius 2 is 1.85 bits per heavy atom. The van der Waals surface area contributed by atoms with Crippen LogP contribution in [-0.4, -0.2) is 4.98 Å². The molecule has 0 aliphatic heterocycles. The maximum atomic E-state index is 5.73. The number of pyridine rings is 1. The Balaban J connectivity index is 0.000000720. The van der Waals surface area contributed by atoms with Crippen LogP contribution in [0.2, 0.25) is 0 Å². The number of hydrogen-bond donors (Lipinski definition) is 1. The number of nitrogen functional groups attached to an aromatic ring is 1. The third-order valence-corrected chi connectivity index (χ3v) is 1.71. The lowest BCUT2D eigenvalue weighted by atomic mass is 10.1. The molecule has 0 bridgehead atoms. The molecular weight excluding hydrogens is 207 g/mol. The second-order valence-corrected chi connectivity index (χ2v) is 2.44. The fourth-order valence-corrected chi connectivity index (χ4v) is 1.15. The van der Waals surface area contributed by atoms with Crippen LogP contribution in [0.3, 0.4) is 0 Å². The molecule has 0 fully saturated rings. The van der Waals surface area contributed by atoms with Crippen LogP contribution >= 0.6 is 24.8 Å². The van der Waals surface area contributed by atoms with Crippen LogP contribution in [0.1, 0.15) is 0 Å². The van der Waals surface area contributed by atoms with Crippen molar-refractivity contribution < 1.29 is 0 Å². The Hall–Kier alpha value is -0.990. The molecule has 2 aromatic rings. The Labute approximate surface area is 89.0 Å². The molecule has 0 saturated heterocycles. The van der Waals surface area contributed by atoms with Crippen molar-refractivity contribution in [2.24, 2.45) is 0 Å². The number of halogens is 2. The second kappa shape index (κ2) is 4.90. The van der Waals surface area contributed by atoms with Crippen LogP contribution < -0.4 is 5.73 Å². The predicted octanol–water partition coefficient (Wildman–Crippen LogP) is 2.66.